The van der Waals surface area contributed by atoms with Gasteiger partial charge in [-0.1, -0.05) is 27.7 Å². The summed E-state index contributed by atoms with van der Waals surface area (Å²) in [5, 5.41) is 0. The second kappa shape index (κ2) is 7.00. The normalized spacial score (nSPS) is 11.9. The second-order valence-corrected chi connectivity index (χ2v) is 5.61. The van der Waals surface area contributed by atoms with E-state index in [0.717, 1.165) is 31.7 Å². The Kier molecular flexibility index (Phi) is 5.96. The lowest BCUT2D eigenvalue weighted by Gasteiger charge is -2.35. The first-order valence-electron chi connectivity index (χ1n) is 6.07. The number of nitrogens with zero attached hydrogens (tertiary/aromatic N) is 3. The molecule has 0 saturated carbocycles. The lowest BCUT2D eigenvalue weighted by molar-refractivity contribution is 0.429. The van der Waals surface area contributed by atoms with Crippen molar-refractivity contribution in [1.29, 1.82) is 0 Å². The van der Waals surface area contributed by atoms with Crippen molar-refractivity contribution in [3.63, 3.8) is 0 Å². The third-order valence-corrected chi connectivity index (χ3v) is 5.50. The van der Waals surface area contributed by atoms with Gasteiger partial charge in [0.2, 0.25) is 0 Å². The molecule has 0 fully saturated rings. The standard InChI is InChI=1S/C11H23N4P/c1-5-14(6-2)16(15(7-3)8-4)11-12-9-10-13-11/h9-10H,5-8H2,1-4H3,(H,12,13). The molecule has 0 bridgehead atoms. The quantitative estimate of drug-likeness (QED) is 0.743. The van der Waals surface area contributed by atoms with Gasteiger partial charge in [0.05, 0.1) is 0 Å². The lowest BCUT2D eigenvalue weighted by Crippen LogP contribution is -2.35. The van der Waals surface area contributed by atoms with Crippen molar-refractivity contribution in [2.45, 2.75) is 27.7 Å². The minimum absolute atomic E-state index is 0.446. The van der Waals surface area contributed by atoms with Gasteiger partial charge in [0.25, 0.3) is 0 Å². The van der Waals surface area contributed by atoms with Gasteiger partial charge in [0, 0.05) is 38.6 Å². The maximum atomic E-state index is 4.44. The third kappa shape index (κ3) is 3.03. The number of H-pyrrole nitrogens is 1. The summed E-state index contributed by atoms with van der Waals surface area (Å²) in [4.78, 5) is 7.71. The Morgan fingerprint density at radius 2 is 1.56 bits per heavy atom. The highest BCUT2D eigenvalue weighted by Crippen LogP contribution is 2.41. The van der Waals surface area contributed by atoms with Crippen molar-refractivity contribution < 1.29 is 0 Å². The van der Waals surface area contributed by atoms with Crippen molar-refractivity contribution in [1.82, 2.24) is 19.3 Å². The minimum Gasteiger partial charge on any atom is -0.343 e. The molecule has 0 aliphatic heterocycles. The molecule has 1 aromatic rings. The van der Waals surface area contributed by atoms with E-state index < -0.39 is 8.22 Å². The molecule has 4 nitrogen and oxygen atoms in total. The van der Waals surface area contributed by atoms with Crippen LogP contribution in [0, 0.1) is 0 Å². The summed E-state index contributed by atoms with van der Waals surface area (Å²) in [7, 11) is -0.446. The van der Waals surface area contributed by atoms with Crippen LogP contribution in [0.3, 0.4) is 0 Å². The van der Waals surface area contributed by atoms with E-state index in [2.05, 4.69) is 47.0 Å². The van der Waals surface area contributed by atoms with Crippen LogP contribution < -0.4 is 5.57 Å². The molecule has 1 aromatic heterocycles. The lowest BCUT2D eigenvalue weighted by atomic mass is 10.7. The van der Waals surface area contributed by atoms with Gasteiger partial charge in [0.15, 0.2) is 5.57 Å². The van der Waals surface area contributed by atoms with Crippen LogP contribution in [0.1, 0.15) is 27.7 Å². The van der Waals surface area contributed by atoms with Crippen LogP contribution in [0.15, 0.2) is 12.4 Å². The zero-order chi connectivity index (χ0) is 12.0. The predicted molar refractivity (Wildman–Crippen MR) is 71.0 cm³/mol. The van der Waals surface area contributed by atoms with E-state index in [-0.39, 0.29) is 0 Å². The number of hydrogen-bond acceptors (Lipinski definition) is 3. The van der Waals surface area contributed by atoms with Crippen LogP contribution >= 0.6 is 8.22 Å². The molecule has 0 unspecified atom stereocenters. The van der Waals surface area contributed by atoms with Gasteiger partial charge in [-0.05, 0) is 0 Å². The molecule has 0 aromatic carbocycles. The molecule has 0 saturated heterocycles. The maximum Gasteiger partial charge on any atom is 0.160 e. The van der Waals surface area contributed by atoms with Gasteiger partial charge in [-0.25, -0.2) is 4.98 Å². The van der Waals surface area contributed by atoms with E-state index in [1.807, 2.05) is 12.4 Å². The molecular weight excluding hydrogens is 219 g/mol. The molecule has 0 spiro atoms. The highest BCUT2D eigenvalue weighted by Gasteiger charge is 2.25. The fourth-order valence-electron chi connectivity index (χ4n) is 1.80. The number of imidazole rings is 1. The summed E-state index contributed by atoms with van der Waals surface area (Å²) in [6, 6.07) is 0. The van der Waals surface area contributed by atoms with E-state index in [0.29, 0.717) is 0 Å². The van der Waals surface area contributed by atoms with Crippen molar-refractivity contribution in [2.24, 2.45) is 0 Å². The Labute approximate surface area is 99.9 Å². The molecular formula is C11H23N4P. The molecule has 1 rings (SSSR count). The van der Waals surface area contributed by atoms with Gasteiger partial charge < -0.3 is 4.98 Å². The zero-order valence-electron chi connectivity index (χ0n) is 10.8. The van der Waals surface area contributed by atoms with E-state index in [9.17, 15) is 0 Å². The van der Waals surface area contributed by atoms with Gasteiger partial charge in [-0.3, -0.25) is 9.34 Å². The largest absolute Gasteiger partial charge is 0.343 e. The maximum absolute atomic E-state index is 4.44. The molecule has 0 radical (unpaired) electrons. The summed E-state index contributed by atoms with van der Waals surface area (Å²) in [6.07, 6.45) is 3.76. The number of hydrogen-bond donors (Lipinski definition) is 1. The fourth-order valence-corrected chi connectivity index (χ4v) is 4.12. The van der Waals surface area contributed by atoms with Crippen LogP contribution in [0.5, 0.6) is 0 Å². The summed E-state index contributed by atoms with van der Waals surface area (Å²) in [5.74, 6) is 0. The van der Waals surface area contributed by atoms with Gasteiger partial charge >= 0.3 is 0 Å². The van der Waals surface area contributed by atoms with E-state index >= 15 is 0 Å². The second-order valence-electron chi connectivity index (χ2n) is 3.48. The molecule has 92 valence electrons. The molecule has 1 heterocycles. The number of rotatable bonds is 7. The third-order valence-electron chi connectivity index (χ3n) is 2.67. The summed E-state index contributed by atoms with van der Waals surface area (Å²) >= 11 is 0. The Bertz CT molecular complexity index is 256. The first-order valence-corrected chi connectivity index (χ1v) is 7.32. The average molecular weight is 242 g/mol. The monoisotopic (exact) mass is 242 g/mol. The highest BCUT2D eigenvalue weighted by atomic mass is 31.1. The van der Waals surface area contributed by atoms with Crippen molar-refractivity contribution in [3.8, 4) is 0 Å². The van der Waals surface area contributed by atoms with Crippen LogP contribution in [0.2, 0.25) is 0 Å². The Balaban J connectivity index is 2.92. The Hall–Kier alpha value is -0.440. The van der Waals surface area contributed by atoms with Crippen molar-refractivity contribution >= 4 is 13.8 Å². The van der Waals surface area contributed by atoms with Crippen LogP contribution in [-0.4, -0.2) is 45.5 Å². The predicted octanol–water partition coefficient (Wildman–Crippen LogP) is 2.03. The first-order chi connectivity index (χ1) is 7.78. The Morgan fingerprint density at radius 3 is 1.88 bits per heavy atom. The first kappa shape index (κ1) is 13.6. The van der Waals surface area contributed by atoms with Crippen LogP contribution in [0.4, 0.5) is 0 Å². The number of aromatic amines is 1. The fraction of sp³-hybridized carbons (Fsp3) is 0.727. The molecule has 1 N–H and O–H groups in total. The molecule has 0 aliphatic rings. The van der Waals surface area contributed by atoms with E-state index in [4.69, 9.17) is 0 Å². The summed E-state index contributed by atoms with van der Waals surface area (Å²) in [5.41, 5.74) is 1.11. The van der Waals surface area contributed by atoms with Gasteiger partial charge in [-0.2, -0.15) is 0 Å². The van der Waals surface area contributed by atoms with Gasteiger partial charge in [-0.15, -0.1) is 0 Å². The van der Waals surface area contributed by atoms with Crippen LogP contribution in [-0.2, 0) is 0 Å². The minimum atomic E-state index is -0.446. The van der Waals surface area contributed by atoms with Crippen LogP contribution in [0.25, 0.3) is 0 Å². The summed E-state index contributed by atoms with van der Waals surface area (Å²) in [6.45, 7) is 13.1. The number of aromatic nitrogens is 2. The zero-order valence-corrected chi connectivity index (χ0v) is 11.7. The van der Waals surface area contributed by atoms with Gasteiger partial charge in [0.1, 0.15) is 8.22 Å². The highest BCUT2D eigenvalue weighted by molar-refractivity contribution is 7.60. The average Bonchev–Trinajstić information content (AvgIpc) is 2.83. The molecule has 5 heteroatoms. The molecule has 0 aliphatic carbocycles. The van der Waals surface area contributed by atoms with E-state index in [1.54, 1.807) is 0 Å². The molecule has 0 amide bonds. The topological polar surface area (TPSA) is 35.2 Å². The molecule has 16 heavy (non-hydrogen) atoms. The molecule has 0 atom stereocenters. The SMILES string of the molecule is CCN(CC)P(c1ncc[nH]1)N(CC)CC. The van der Waals surface area contributed by atoms with Crippen molar-refractivity contribution in [2.75, 3.05) is 26.2 Å². The Morgan fingerprint density at radius 1 is 1.06 bits per heavy atom. The summed E-state index contributed by atoms with van der Waals surface area (Å²) < 4.78 is 4.97. The van der Waals surface area contributed by atoms with Crippen molar-refractivity contribution in [3.05, 3.63) is 12.4 Å². The number of nitrogens with one attached hydrogen (secondary N) is 1. The van der Waals surface area contributed by atoms with E-state index in [1.165, 1.54) is 0 Å². The smallest absolute Gasteiger partial charge is 0.160 e.